The summed E-state index contributed by atoms with van der Waals surface area (Å²) in [6.07, 6.45) is 0.340. The van der Waals surface area contributed by atoms with Crippen LogP contribution in [0.2, 0.25) is 0 Å². The van der Waals surface area contributed by atoms with Crippen molar-refractivity contribution in [1.29, 1.82) is 0 Å². The van der Waals surface area contributed by atoms with E-state index in [0.717, 1.165) is 5.56 Å². The van der Waals surface area contributed by atoms with Gasteiger partial charge in [0.2, 0.25) is 0 Å². The zero-order valence-electron chi connectivity index (χ0n) is 14.8. The molecule has 26 heavy (non-hydrogen) atoms. The van der Waals surface area contributed by atoms with Crippen molar-refractivity contribution < 1.29 is 27.8 Å². The molecular formula is C18H21NO6S. The van der Waals surface area contributed by atoms with Crippen LogP contribution in [0.3, 0.4) is 0 Å². The summed E-state index contributed by atoms with van der Waals surface area (Å²) in [5, 5.41) is 8.70. The normalized spacial score (nSPS) is 11.0. The maximum atomic E-state index is 12.6. The molecule has 0 saturated carbocycles. The van der Waals surface area contributed by atoms with Crippen molar-refractivity contribution in [2.24, 2.45) is 0 Å². The molecule has 0 spiro atoms. The number of anilines is 1. The molecule has 0 amide bonds. The third-order valence-corrected chi connectivity index (χ3v) is 5.22. The molecule has 0 aliphatic heterocycles. The largest absolute Gasteiger partial charge is 0.493 e. The topological polar surface area (TPSA) is 102 Å². The predicted octanol–water partition coefficient (Wildman–Crippen LogP) is 2.83. The van der Waals surface area contributed by atoms with E-state index in [1.807, 2.05) is 0 Å². The summed E-state index contributed by atoms with van der Waals surface area (Å²) in [4.78, 5) is 10.7. The minimum Gasteiger partial charge on any atom is -0.493 e. The summed E-state index contributed by atoms with van der Waals surface area (Å²) in [6.45, 7) is 1.76. The summed E-state index contributed by atoms with van der Waals surface area (Å²) in [7, 11) is -0.811. The van der Waals surface area contributed by atoms with E-state index < -0.39 is 16.0 Å². The molecule has 2 aromatic rings. The number of sulfonamides is 1. The van der Waals surface area contributed by atoms with Gasteiger partial charge in [0.1, 0.15) is 0 Å². The highest BCUT2D eigenvalue weighted by Crippen LogP contribution is 2.33. The summed E-state index contributed by atoms with van der Waals surface area (Å²) >= 11 is 0. The summed E-state index contributed by atoms with van der Waals surface area (Å²) < 4.78 is 38.2. The Kier molecular flexibility index (Phi) is 6.10. The highest BCUT2D eigenvalue weighted by molar-refractivity contribution is 7.92. The summed E-state index contributed by atoms with van der Waals surface area (Å²) in [5.41, 5.74) is 1.83. The molecule has 0 radical (unpaired) electrons. The van der Waals surface area contributed by atoms with Crippen LogP contribution in [0, 0.1) is 6.92 Å². The number of aliphatic carboxylic acids is 1. The lowest BCUT2D eigenvalue weighted by Gasteiger charge is -2.15. The molecule has 2 aromatic carbocycles. The molecule has 140 valence electrons. The van der Waals surface area contributed by atoms with Gasteiger partial charge in [-0.05, 0) is 42.7 Å². The standard InChI is InChI=1S/C18H21NO6S/c1-12-10-16(24-2)17(25-3)11-15(12)19-26(22,23)14-7-4-13(5-8-14)6-9-18(20)21/h4-5,7-8,10-11,19H,6,9H2,1-3H3,(H,20,21). The van der Waals surface area contributed by atoms with Gasteiger partial charge in [-0.25, -0.2) is 8.42 Å². The van der Waals surface area contributed by atoms with Crippen LogP contribution in [0.1, 0.15) is 17.5 Å². The fourth-order valence-electron chi connectivity index (χ4n) is 2.38. The highest BCUT2D eigenvalue weighted by atomic mass is 32.2. The van der Waals surface area contributed by atoms with Crippen molar-refractivity contribution >= 4 is 21.7 Å². The van der Waals surface area contributed by atoms with Gasteiger partial charge < -0.3 is 14.6 Å². The molecule has 7 nitrogen and oxygen atoms in total. The van der Waals surface area contributed by atoms with Crippen molar-refractivity contribution in [3.63, 3.8) is 0 Å². The van der Waals surface area contributed by atoms with Gasteiger partial charge in [0, 0.05) is 12.5 Å². The molecule has 0 aromatic heterocycles. The molecule has 0 atom stereocenters. The van der Waals surface area contributed by atoms with Crippen LogP contribution < -0.4 is 14.2 Å². The quantitative estimate of drug-likeness (QED) is 0.731. The Morgan fingerprint density at radius 3 is 2.19 bits per heavy atom. The monoisotopic (exact) mass is 379 g/mol. The predicted molar refractivity (Wildman–Crippen MR) is 97.5 cm³/mol. The number of carbonyl (C=O) groups is 1. The number of methoxy groups -OCH3 is 2. The minimum atomic E-state index is -3.79. The second kappa shape index (κ2) is 8.09. The van der Waals surface area contributed by atoms with Crippen LogP contribution in [0.25, 0.3) is 0 Å². The van der Waals surface area contributed by atoms with Gasteiger partial charge in [-0.15, -0.1) is 0 Å². The molecule has 0 saturated heterocycles. The number of rotatable bonds is 8. The fraction of sp³-hybridized carbons (Fsp3) is 0.278. The van der Waals surface area contributed by atoms with Crippen LogP contribution in [0.4, 0.5) is 5.69 Å². The number of hydrogen-bond donors (Lipinski definition) is 2. The molecule has 2 N–H and O–H groups in total. The lowest BCUT2D eigenvalue weighted by atomic mass is 10.1. The first-order valence-corrected chi connectivity index (χ1v) is 9.31. The lowest BCUT2D eigenvalue weighted by Crippen LogP contribution is -2.14. The molecule has 0 bridgehead atoms. The molecule has 0 heterocycles. The van der Waals surface area contributed by atoms with E-state index in [-0.39, 0.29) is 11.3 Å². The zero-order valence-corrected chi connectivity index (χ0v) is 15.6. The highest BCUT2D eigenvalue weighted by Gasteiger charge is 2.17. The van der Waals surface area contributed by atoms with E-state index >= 15 is 0 Å². The number of nitrogens with one attached hydrogen (secondary N) is 1. The average Bonchev–Trinajstić information content (AvgIpc) is 2.61. The van der Waals surface area contributed by atoms with E-state index in [0.29, 0.717) is 29.2 Å². The molecule has 0 fully saturated rings. The Morgan fingerprint density at radius 2 is 1.65 bits per heavy atom. The first kappa shape index (κ1) is 19.6. The third-order valence-electron chi connectivity index (χ3n) is 3.84. The molecule has 0 aliphatic rings. The maximum absolute atomic E-state index is 12.6. The first-order valence-electron chi connectivity index (χ1n) is 7.83. The van der Waals surface area contributed by atoms with Crippen LogP contribution >= 0.6 is 0 Å². The third kappa shape index (κ3) is 4.66. The van der Waals surface area contributed by atoms with Crippen molar-refractivity contribution in [3.05, 3.63) is 47.5 Å². The number of carboxylic acids is 1. The molecular weight excluding hydrogens is 358 g/mol. The van der Waals surface area contributed by atoms with Gasteiger partial charge in [-0.3, -0.25) is 9.52 Å². The van der Waals surface area contributed by atoms with Crippen LogP contribution in [0.15, 0.2) is 41.3 Å². The molecule has 0 aliphatic carbocycles. The lowest BCUT2D eigenvalue weighted by molar-refractivity contribution is -0.136. The second-order valence-electron chi connectivity index (χ2n) is 5.67. The minimum absolute atomic E-state index is 0.00478. The SMILES string of the molecule is COc1cc(C)c(NS(=O)(=O)c2ccc(CCC(=O)O)cc2)cc1OC. The zero-order chi connectivity index (χ0) is 19.3. The second-order valence-corrected chi connectivity index (χ2v) is 7.35. The van der Waals surface area contributed by atoms with E-state index in [9.17, 15) is 13.2 Å². The van der Waals surface area contributed by atoms with Crippen molar-refractivity contribution in [2.75, 3.05) is 18.9 Å². The van der Waals surface area contributed by atoms with Crippen LogP contribution in [0.5, 0.6) is 11.5 Å². The number of carboxylic acid groups (broad SMARTS) is 1. The van der Waals surface area contributed by atoms with E-state index in [2.05, 4.69) is 4.72 Å². The van der Waals surface area contributed by atoms with Crippen LogP contribution in [-0.4, -0.2) is 33.7 Å². The number of hydrogen-bond acceptors (Lipinski definition) is 5. The van der Waals surface area contributed by atoms with Crippen molar-refractivity contribution in [2.45, 2.75) is 24.7 Å². The molecule has 2 rings (SSSR count). The Labute approximate surface area is 152 Å². The van der Waals surface area contributed by atoms with Gasteiger partial charge >= 0.3 is 5.97 Å². The van der Waals surface area contributed by atoms with Gasteiger partial charge in [0.15, 0.2) is 11.5 Å². The van der Waals surface area contributed by atoms with Gasteiger partial charge in [0.25, 0.3) is 10.0 Å². The van der Waals surface area contributed by atoms with Crippen LogP contribution in [-0.2, 0) is 21.2 Å². The van der Waals surface area contributed by atoms with E-state index in [1.165, 1.54) is 26.4 Å². The van der Waals surface area contributed by atoms with E-state index in [4.69, 9.17) is 14.6 Å². The summed E-state index contributed by atoms with van der Waals surface area (Å²) in [6, 6.07) is 9.38. The van der Waals surface area contributed by atoms with Crippen molar-refractivity contribution in [1.82, 2.24) is 0 Å². The smallest absolute Gasteiger partial charge is 0.303 e. The van der Waals surface area contributed by atoms with E-state index in [1.54, 1.807) is 31.2 Å². The Bertz CT molecular complexity index is 891. The molecule has 8 heteroatoms. The van der Waals surface area contributed by atoms with Gasteiger partial charge in [-0.2, -0.15) is 0 Å². The average molecular weight is 379 g/mol. The first-order chi connectivity index (χ1) is 12.3. The number of aryl methyl sites for hydroxylation is 2. The Morgan fingerprint density at radius 1 is 1.08 bits per heavy atom. The fourth-order valence-corrected chi connectivity index (χ4v) is 3.50. The number of benzene rings is 2. The Hall–Kier alpha value is -2.74. The number of ether oxygens (including phenoxy) is 2. The van der Waals surface area contributed by atoms with Crippen molar-refractivity contribution in [3.8, 4) is 11.5 Å². The van der Waals surface area contributed by atoms with Gasteiger partial charge in [-0.1, -0.05) is 12.1 Å². The Balaban J connectivity index is 2.24. The summed E-state index contributed by atoms with van der Waals surface area (Å²) in [5.74, 6) is 0.0304. The molecule has 0 unspecified atom stereocenters. The maximum Gasteiger partial charge on any atom is 0.303 e. The van der Waals surface area contributed by atoms with Gasteiger partial charge in [0.05, 0.1) is 24.8 Å².